The first-order valence-electron chi connectivity index (χ1n) is 13.3. The third-order valence-electron chi connectivity index (χ3n) is 7.95. The molecule has 0 bridgehead atoms. The standard InChI is InChI=1S/C28H31F3N6O2/c1-2-39-25(38)16-35-8-5-22-4-3-20(11-23(22)35)14-34-9-6-27(17-34)7-10-36(18-27)26-24-12-21(13-28(29,30)31)15-37(24)33-19-32-26/h3-5,8,11-12,15,19H,2,6-7,9-10,13-14,16-18H2,1H3. The van der Waals surface area contributed by atoms with Crippen LogP contribution in [0, 0.1) is 5.41 Å². The van der Waals surface area contributed by atoms with Crippen LogP contribution in [0.25, 0.3) is 16.4 Å². The average Bonchev–Trinajstić information content (AvgIpc) is 3.65. The Morgan fingerprint density at radius 2 is 1.90 bits per heavy atom. The predicted molar refractivity (Wildman–Crippen MR) is 140 cm³/mol. The number of carbonyl (C=O) groups is 1. The lowest BCUT2D eigenvalue weighted by Gasteiger charge is -2.25. The van der Waals surface area contributed by atoms with Crippen LogP contribution < -0.4 is 4.90 Å². The van der Waals surface area contributed by atoms with E-state index in [2.05, 4.69) is 38.1 Å². The molecule has 1 unspecified atom stereocenters. The molecule has 0 amide bonds. The molecule has 2 saturated heterocycles. The number of rotatable bonds is 7. The first-order chi connectivity index (χ1) is 18.7. The highest BCUT2D eigenvalue weighted by Crippen LogP contribution is 2.42. The molecule has 39 heavy (non-hydrogen) atoms. The first-order valence-corrected chi connectivity index (χ1v) is 13.3. The third-order valence-corrected chi connectivity index (χ3v) is 7.95. The first kappa shape index (κ1) is 25.7. The highest BCUT2D eigenvalue weighted by Gasteiger charge is 2.44. The largest absolute Gasteiger partial charge is 0.465 e. The van der Waals surface area contributed by atoms with Gasteiger partial charge < -0.3 is 14.2 Å². The van der Waals surface area contributed by atoms with Gasteiger partial charge in [-0.3, -0.25) is 9.69 Å². The van der Waals surface area contributed by atoms with E-state index < -0.39 is 12.6 Å². The Labute approximate surface area is 224 Å². The topological polar surface area (TPSA) is 67.9 Å². The molecule has 4 aromatic rings. The van der Waals surface area contributed by atoms with E-state index in [1.54, 1.807) is 13.0 Å². The molecule has 11 heteroatoms. The number of hydrogen-bond donors (Lipinski definition) is 0. The van der Waals surface area contributed by atoms with Gasteiger partial charge in [-0.1, -0.05) is 12.1 Å². The van der Waals surface area contributed by atoms with Crippen LogP contribution in [0.1, 0.15) is 30.9 Å². The third kappa shape index (κ3) is 5.32. The number of benzene rings is 1. The molecule has 5 heterocycles. The van der Waals surface area contributed by atoms with E-state index in [-0.39, 0.29) is 23.5 Å². The lowest BCUT2D eigenvalue weighted by atomic mass is 9.86. The van der Waals surface area contributed by atoms with Crippen LogP contribution in [0.15, 0.2) is 49.1 Å². The quantitative estimate of drug-likeness (QED) is 0.323. The molecule has 1 aromatic carbocycles. The normalized spacial score (nSPS) is 20.2. The molecule has 6 rings (SSSR count). The molecule has 1 atom stereocenters. The molecule has 0 N–H and O–H groups in total. The number of esters is 1. The van der Waals surface area contributed by atoms with E-state index in [1.807, 2.05) is 16.8 Å². The zero-order chi connectivity index (χ0) is 27.2. The summed E-state index contributed by atoms with van der Waals surface area (Å²) in [5.41, 5.74) is 3.14. The van der Waals surface area contributed by atoms with Crippen molar-refractivity contribution in [3.05, 3.63) is 60.2 Å². The fourth-order valence-electron chi connectivity index (χ4n) is 6.22. The van der Waals surface area contributed by atoms with Crippen molar-refractivity contribution in [2.45, 2.75) is 45.5 Å². The van der Waals surface area contributed by atoms with E-state index in [0.717, 1.165) is 56.5 Å². The van der Waals surface area contributed by atoms with Crippen molar-refractivity contribution in [3.63, 3.8) is 0 Å². The van der Waals surface area contributed by atoms with Gasteiger partial charge in [0.15, 0.2) is 5.82 Å². The summed E-state index contributed by atoms with van der Waals surface area (Å²) in [7, 11) is 0. The second-order valence-corrected chi connectivity index (χ2v) is 10.8. The number of nitrogens with zero attached hydrogens (tertiary/aromatic N) is 6. The van der Waals surface area contributed by atoms with Gasteiger partial charge in [0.25, 0.3) is 0 Å². The minimum absolute atomic E-state index is 0.123. The maximum atomic E-state index is 12.9. The number of halogens is 3. The van der Waals surface area contributed by atoms with Crippen LogP contribution in [0.5, 0.6) is 0 Å². The van der Waals surface area contributed by atoms with Gasteiger partial charge in [0.05, 0.1) is 13.0 Å². The van der Waals surface area contributed by atoms with Gasteiger partial charge in [-0.25, -0.2) is 9.50 Å². The fraction of sp³-hybridized carbons (Fsp3) is 0.464. The van der Waals surface area contributed by atoms with Crippen molar-refractivity contribution in [1.29, 1.82) is 0 Å². The summed E-state index contributed by atoms with van der Waals surface area (Å²) in [6.45, 7) is 6.75. The molecule has 8 nitrogen and oxygen atoms in total. The average molecular weight is 541 g/mol. The number of anilines is 1. The SMILES string of the molecule is CCOC(=O)Cn1ccc2ccc(CN3CCC4(CCN(c5ncnn6cc(CC(F)(F)F)cc56)C4)C3)cc21. The van der Waals surface area contributed by atoms with Crippen molar-refractivity contribution in [1.82, 2.24) is 24.1 Å². The Kier molecular flexibility index (Phi) is 6.49. The Hall–Kier alpha value is -3.60. The number of aromatic nitrogens is 4. The van der Waals surface area contributed by atoms with Gasteiger partial charge in [-0.15, -0.1) is 0 Å². The van der Waals surface area contributed by atoms with E-state index in [9.17, 15) is 18.0 Å². The van der Waals surface area contributed by atoms with Crippen LogP contribution >= 0.6 is 0 Å². The van der Waals surface area contributed by atoms with E-state index in [4.69, 9.17) is 4.74 Å². The highest BCUT2D eigenvalue weighted by atomic mass is 19.4. The smallest absolute Gasteiger partial charge is 0.393 e. The zero-order valence-corrected chi connectivity index (χ0v) is 21.8. The van der Waals surface area contributed by atoms with Crippen LogP contribution in [0.4, 0.5) is 19.0 Å². The second kappa shape index (κ2) is 9.86. The van der Waals surface area contributed by atoms with E-state index in [1.165, 1.54) is 22.6 Å². The summed E-state index contributed by atoms with van der Waals surface area (Å²) in [6.07, 6.45) is 1.61. The molecule has 3 aromatic heterocycles. The van der Waals surface area contributed by atoms with Crippen molar-refractivity contribution in [2.24, 2.45) is 5.41 Å². The van der Waals surface area contributed by atoms with Crippen LogP contribution in [0.3, 0.4) is 0 Å². The summed E-state index contributed by atoms with van der Waals surface area (Å²) in [4.78, 5) is 21.1. The monoisotopic (exact) mass is 540 g/mol. The number of fused-ring (bicyclic) bond motifs is 2. The lowest BCUT2D eigenvalue weighted by Crippen LogP contribution is -2.31. The summed E-state index contributed by atoms with van der Waals surface area (Å²) >= 11 is 0. The van der Waals surface area contributed by atoms with Crippen molar-refractivity contribution >= 4 is 28.2 Å². The molecular formula is C28H31F3N6O2. The molecule has 2 fully saturated rings. The minimum Gasteiger partial charge on any atom is -0.465 e. The molecule has 1 spiro atoms. The molecular weight excluding hydrogens is 509 g/mol. The van der Waals surface area contributed by atoms with Crippen LogP contribution in [0.2, 0.25) is 0 Å². The van der Waals surface area contributed by atoms with E-state index in [0.29, 0.717) is 17.9 Å². The predicted octanol–water partition coefficient (Wildman–Crippen LogP) is 4.45. The number of alkyl halides is 3. The maximum Gasteiger partial charge on any atom is 0.393 e. The number of hydrogen-bond acceptors (Lipinski definition) is 6. The molecule has 0 radical (unpaired) electrons. The van der Waals surface area contributed by atoms with Crippen molar-refractivity contribution < 1.29 is 22.7 Å². The maximum absolute atomic E-state index is 12.9. The molecule has 2 aliphatic heterocycles. The number of ether oxygens (including phenoxy) is 1. The summed E-state index contributed by atoms with van der Waals surface area (Å²) in [6, 6.07) is 9.97. The Morgan fingerprint density at radius 1 is 1.08 bits per heavy atom. The van der Waals surface area contributed by atoms with Gasteiger partial charge in [0.1, 0.15) is 18.4 Å². The highest BCUT2D eigenvalue weighted by molar-refractivity contribution is 5.82. The fourth-order valence-corrected chi connectivity index (χ4v) is 6.22. The number of likely N-dealkylation sites (tertiary alicyclic amines) is 1. The van der Waals surface area contributed by atoms with Gasteiger partial charge in [0.2, 0.25) is 0 Å². The zero-order valence-electron chi connectivity index (χ0n) is 21.8. The van der Waals surface area contributed by atoms with Gasteiger partial charge >= 0.3 is 12.1 Å². The van der Waals surface area contributed by atoms with E-state index >= 15 is 0 Å². The lowest BCUT2D eigenvalue weighted by molar-refractivity contribution is -0.143. The van der Waals surface area contributed by atoms with Gasteiger partial charge in [0, 0.05) is 49.5 Å². The summed E-state index contributed by atoms with van der Waals surface area (Å²) < 4.78 is 47.4. The second-order valence-electron chi connectivity index (χ2n) is 10.8. The summed E-state index contributed by atoms with van der Waals surface area (Å²) in [5, 5.41) is 5.23. The van der Waals surface area contributed by atoms with Crippen molar-refractivity contribution in [3.8, 4) is 0 Å². The van der Waals surface area contributed by atoms with Gasteiger partial charge in [-0.05, 0) is 61.0 Å². The summed E-state index contributed by atoms with van der Waals surface area (Å²) in [5.74, 6) is 0.451. The molecule has 0 saturated carbocycles. The van der Waals surface area contributed by atoms with Crippen LogP contribution in [-0.2, 0) is 29.0 Å². The van der Waals surface area contributed by atoms with Crippen LogP contribution in [-0.4, -0.2) is 69.0 Å². The number of carbonyl (C=O) groups excluding carboxylic acids is 1. The Morgan fingerprint density at radius 3 is 2.72 bits per heavy atom. The van der Waals surface area contributed by atoms with Gasteiger partial charge in [-0.2, -0.15) is 18.3 Å². The molecule has 2 aliphatic rings. The minimum atomic E-state index is -4.27. The molecule has 0 aliphatic carbocycles. The van der Waals surface area contributed by atoms with Crippen molar-refractivity contribution in [2.75, 3.05) is 37.7 Å². The Balaban J connectivity index is 1.14. The molecule has 206 valence electrons. The Bertz CT molecular complexity index is 1510.